The van der Waals surface area contributed by atoms with Gasteiger partial charge < -0.3 is 10.6 Å². The zero-order chi connectivity index (χ0) is 14.6. The van der Waals surface area contributed by atoms with Gasteiger partial charge in [-0.15, -0.1) is 0 Å². The van der Waals surface area contributed by atoms with E-state index in [4.69, 9.17) is 0 Å². The summed E-state index contributed by atoms with van der Waals surface area (Å²) in [6.45, 7) is 7.88. The molecule has 1 heterocycles. The molecule has 2 aromatic rings. The minimum absolute atomic E-state index is 0.0872. The maximum atomic E-state index is 14.0. The molecule has 0 radical (unpaired) electrons. The fraction of sp³-hybridized carbons (Fsp3) is 0.429. The Morgan fingerprint density at radius 1 is 1.25 bits per heavy atom. The Kier molecular flexibility index (Phi) is 4.34. The highest BCUT2D eigenvalue weighted by molar-refractivity contribution is 5.49. The van der Waals surface area contributed by atoms with E-state index in [9.17, 15) is 4.39 Å². The normalized spacial score (nSPS) is 11.6. The third-order valence-corrected chi connectivity index (χ3v) is 2.72. The molecule has 0 atom stereocenters. The summed E-state index contributed by atoms with van der Waals surface area (Å²) in [6.07, 6.45) is 2.85. The van der Waals surface area contributed by atoms with E-state index in [0.717, 1.165) is 18.8 Å². The van der Waals surface area contributed by atoms with Gasteiger partial charge in [0.25, 0.3) is 0 Å². The standard InChI is InChI=1S/C14H20FN5/c1-14(2,3)18-7-6-17-11-4-5-13(12(15)8-11)20-10-16-9-19-20/h4-5,8-10,17-18H,6-7H2,1-3H3. The number of rotatable bonds is 5. The molecule has 0 spiro atoms. The summed E-state index contributed by atoms with van der Waals surface area (Å²) in [7, 11) is 0. The summed E-state index contributed by atoms with van der Waals surface area (Å²) >= 11 is 0. The van der Waals surface area contributed by atoms with Gasteiger partial charge in [-0.25, -0.2) is 14.1 Å². The quantitative estimate of drug-likeness (QED) is 0.823. The second-order valence-corrected chi connectivity index (χ2v) is 5.61. The van der Waals surface area contributed by atoms with Crippen LogP contribution in [0.4, 0.5) is 10.1 Å². The average molecular weight is 277 g/mol. The molecular weight excluding hydrogens is 257 g/mol. The van der Waals surface area contributed by atoms with Crippen molar-refractivity contribution in [1.82, 2.24) is 20.1 Å². The van der Waals surface area contributed by atoms with Gasteiger partial charge in [0, 0.05) is 24.3 Å². The van der Waals surface area contributed by atoms with Crippen LogP contribution in [0.3, 0.4) is 0 Å². The van der Waals surface area contributed by atoms with Crippen LogP contribution in [0.1, 0.15) is 20.8 Å². The van der Waals surface area contributed by atoms with Gasteiger partial charge in [-0.3, -0.25) is 0 Å². The third kappa shape index (κ3) is 4.03. The molecule has 0 aliphatic rings. The number of nitrogens with one attached hydrogen (secondary N) is 2. The molecule has 0 bridgehead atoms. The lowest BCUT2D eigenvalue weighted by Crippen LogP contribution is -2.38. The van der Waals surface area contributed by atoms with Crippen LogP contribution in [-0.2, 0) is 0 Å². The van der Waals surface area contributed by atoms with Gasteiger partial charge in [-0.2, -0.15) is 5.10 Å². The summed E-state index contributed by atoms with van der Waals surface area (Å²) in [6, 6.07) is 4.98. The minimum Gasteiger partial charge on any atom is -0.384 e. The molecule has 6 heteroatoms. The van der Waals surface area contributed by atoms with Crippen molar-refractivity contribution in [1.29, 1.82) is 0 Å². The number of anilines is 1. The van der Waals surface area contributed by atoms with Crippen LogP contribution >= 0.6 is 0 Å². The van der Waals surface area contributed by atoms with Crippen molar-refractivity contribution in [3.8, 4) is 5.69 Å². The Labute approximate surface area is 118 Å². The van der Waals surface area contributed by atoms with E-state index in [2.05, 4.69) is 41.5 Å². The van der Waals surface area contributed by atoms with Crippen molar-refractivity contribution in [3.63, 3.8) is 0 Å². The van der Waals surface area contributed by atoms with Crippen molar-refractivity contribution >= 4 is 5.69 Å². The first kappa shape index (κ1) is 14.5. The van der Waals surface area contributed by atoms with Gasteiger partial charge in [-0.1, -0.05) is 0 Å². The van der Waals surface area contributed by atoms with E-state index >= 15 is 0 Å². The molecule has 20 heavy (non-hydrogen) atoms. The molecule has 1 aromatic heterocycles. The average Bonchev–Trinajstić information content (AvgIpc) is 2.87. The molecular formula is C14H20FN5. The maximum Gasteiger partial charge on any atom is 0.150 e. The number of nitrogens with zero attached hydrogens (tertiary/aromatic N) is 3. The first-order valence-corrected chi connectivity index (χ1v) is 6.59. The Bertz CT molecular complexity index is 545. The molecule has 108 valence electrons. The molecule has 0 saturated heterocycles. The first-order valence-electron chi connectivity index (χ1n) is 6.59. The fourth-order valence-corrected chi connectivity index (χ4v) is 1.78. The molecule has 0 aliphatic heterocycles. The molecule has 0 saturated carbocycles. The zero-order valence-electron chi connectivity index (χ0n) is 12.0. The number of benzene rings is 1. The van der Waals surface area contributed by atoms with Gasteiger partial charge in [0.05, 0.1) is 0 Å². The maximum absolute atomic E-state index is 14.0. The van der Waals surface area contributed by atoms with E-state index in [1.54, 1.807) is 6.07 Å². The lowest BCUT2D eigenvalue weighted by Gasteiger charge is -2.20. The van der Waals surface area contributed by atoms with E-state index in [1.807, 2.05) is 6.07 Å². The van der Waals surface area contributed by atoms with Crippen molar-refractivity contribution in [3.05, 3.63) is 36.7 Å². The topological polar surface area (TPSA) is 54.8 Å². The highest BCUT2D eigenvalue weighted by Crippen LogP contribution is 2.17. The smallest absolute Gasteiger partial charge is 0.150 e. The van der Waals surface area contributed by atoms with Crippen LogP contribution < -0.4 is 10.6 Å². The highest BCUT2D eigenvalue weighted by atomic mass is 19.1. The SMILES string of the molecule is CC(C)(C)NCCNc1ccc(-n2cncn2)c(F)c1. The predicted molar refractivity (Wildman–Crippen MR) is 77.6 cm³/mol. The lowest BCUT2D eigenvalue weighted by molar-refractivity contribution is 0.435. The van der Waals surface area contributed by atoms with Crippen LogP contribution in [-0.4, -0.2) is 33.4 Å². The van der Waals surface area contributed by atoms with Gasteiger partial charge in [0.15, 0.2) is 5.82 Å². The minimum atomic E-state index is -0.329. The van der Waals surface area contributed by atoms with Gasteiger partial charge in [0.2, 0.25) is 0 Å². The van der Waals surface area contributed by atoms with Crippen molar-refractivity contribution < 1.29 is 4.39 Å². The number of hydrogen-bond donors (Lipinski definition) is 2. The third-order valence-electron chi connectivity index (χ3n) is 2.72. The monoisotopic (exact) mass is 277 g/mol. The van der Waals surface area contributed by atoms with Gasteiger partial charge in [0.1, 0.15) is 18.3 Å². The molecule has 0 unspecified atom stereocenters. The molecule has 2 rings (SSSR count). The predicted octanol–water partition coefficient (Wildman–Crippen LogP) is 2.21. The second kappa shape index (κ2) is 6.00. The number of halogens is 1. The summed E-state index contributed by atoms with van der Waals surface area (Å²) in [5.74, 6) is -0.329. The van der Waals surface area contributed by atoms with E-state index in [0.29, 0.717) is 5.69 Å². The second-order valence-electron chi connectivity index (χ2n) is 5.61. The van der Waals surface area contributed by atoms with Crippen LogP contribution in [0.15, 0.2) is 30.9 Å². The summed E-state index contributed by atoms with van der Waals surface area (Å²) in [5.41, 5.74) is 1.23. The number of aromatic nitrogens is 3. The van der Waals surface area contributed by atoms with Crippen molar-refractivity contribution in [2.75, 3.05) is 18.4 Å². The van der Waals surface area contributed by atoms with Gasteiger partial charge in [-0.05, 0) is 39.0 Å². The number of hydrogen-bond acceptors (Lipinski definition) is 4. The summed E-state index contributed by atoms with van der Waals surface area (Å²) in [5, 5.41) is 10.5. The van der Waals surface area contributed by atoms with Crippen LogP contribution in [0, 0.1) is 5.82 Å². The Hall–Kier alpha value is -1.95. The molecule has 0 fully saturated rings. The van der Waals surface area contributed by atoms with E-state index < -0.39 is 0 Å². The van der Waals surface area contributed by atoms with E-state index in [-0.39, 0.29) is 11.4 Å². The Morgan fingerprint density at radius 2 is 2.05 bits per heavy atom. The fourth-order valence-electron chi connectivity index (χ4n) is 1.78. The summed E-state index contributed by atoms with van der Waals surface area (Å²) < 4.78 is 15.4. The Balaban J connectivity index is 1.93. The molecule has 0 amide bonds. The van der Waals surface area contributed by atoms with Crippen molar-refractivity contribution in [2.24, 2.45) is 0 Å². The molecule has 2 N–H and O–H groups in total. The van der Waals surface area contributed by atoms with Crippen LogP contribution in [0.2, 0.25) is 0 Å². The van der Waals surface area contributed by atoms with E-state index in [1.165, 1.54) is 23.4 Å². The molecule has 0 aliphatic carbocycles. The summed E-state index contributed by atoms with van der Waals surface area (Å²) in [4.78, 5) is 3.81. The van der Waals surface area contributed by atoms with Crippen molar-refractivity contribution in [2.45, 2.75) is 26.3 Å². The lowest BCUT2D eigenvalue weighted by atomic mass is 10.1. The van der Waals surface area contributed by atoms with Gasteiger partial charge >= 0.3 is 0 Å². The molecule has 5 nitrogen and oxygen atoms in total. The Morgan fingerprint density at radius 3 is 2.65 bits per heavy atom. The first-order chi connectivity index (χ1) is 9.46. The largest absolute Gasteiger partial charge is 0.384 e. The molecule has 1 aromatic carbocycles. The zero-order valence-corrected chi connectivity index (χ0v) is 12.0. The van der Waals surface area contributed by atoms with Crippen LogP contribution in [0.5, 0.6) is 0 Å². The van der Waals surface area contributed by atoms with Crippen LogP contribution in [0.25, 0.3) is 5.69 Å². The highest BCUT2D eigenvalue weighted by Gasteiger charge is 2.08.